The Morgan fingerprint density at radius 3 is 2.83 bits per heavy atom. The Hall–Kier alpha value is -2.15. The molecule has 0 spiro atoms. The fraction of sp³-hybridized carbons (Fsp3) is 0.375. The minimum absolute atomic E-state index is 0.0443. The molecule has 0 aliphatic carbocycles. The number of rotatable bonds is 5. The third-order valence-electron chi connectivity index (χ3n) is 3.74. The Kier molecular flexibility index (Phi) is 4.76. The number of para-hydroxylation sites is 1. The Labute approximate surface area is 138 Å². The molecule has 1 aliphatic rings. The van der Waals surface area contributed by atoms with E-state index < -0.39 is 5.97 Å². The van der Waals surface area contributed by atoms with Crippen molar-refractivity contribution in [2.24, 2.45) is 0 Å². The van der Waals surface area contributed by atoms with Crippen LogP contribution in [0.3, 0.4) is 0 Å². The lowest BCUT2D eigenvalue weighted by Gasteiger charge is -2.25. The molecule has 122 valence electrons. The van der Waals surface area contributed by atoms with Gasteiger partial charge in [-0.05, 0) is 42.5 Å². The van der Waals surface area contributed by atoms with Crippen LogP contribution in [-0.2, 0) is 0 Å². The number of thioether (sulfide) groups is 1. The smallest absolute Gasteiger partial charge is 0.353 e. The van der Waals surface area contributed by atoms with Gasteiger partial charge in [-0.1, -0.05) is 6.07 Å². The molecule has 1 aliphatic heterocycles. The number of nitrogens with zero attached hydrogens (tertiary/aromatic N) is 1. The van der Waals surface area contributed by atoms with Gasteiger partial charge in [0, 0.05) is 5.56 Å². The van der Waals surface area contributed by atoms with Crippen LogP contribution >= 0.6 is 11.8 Å². The molecule has 3 rings (SSSR count). The maximum atomic E-state index is 11.0. The number of benzene rings is 1. The SMILES string of the molecule is COc1cccc(-c2cc(C(=O)O)[nH]n2)c1OC1CCSCC1. The Balaban J connectivity index is 1.96. The van der Waals surface area contributed by atoms with Gasteiger partial charge in [0.15, 0.2) is 11.5 Å². The maximum absolute atomic E-state index is 11.0. The van der Waals surface area contributed by atoms with Crippen LogP contribution in [0.2, 0.25) is 0 Å². The summed E-state index contributed by atoms with van der Waals surface area (Å²) in [7, 11) is 1.59. The fourth-order valence-corrected chi connectivity index (χ4v) is 3.59. The summed E-state index contributed by atoms with van der Waals surface area (Å²) in [5.74, 6) is 2.37. The topological polar surface area (TPSA) is 84.4 Å². The van der Waals surface area contributed by atoms with E-state index in [2.05, 4.69) is 10.2 Å². The van der Waals surface area contributed by atoms with E-state index in [1.165, 1.54) is 6.07 Å². The van der Waals surface area contributed by atoms with Gasteiger partial charge in [0.05, 0.1) is 12.8 Å². The predicted octanol–water partition coefficient (Wildman–Crippen LogP) is 3.06. The molecule has 1 fully saturated rings. The van der Waals surface area contributed by atoms with Crippen molar-refractivity contribution in [1.82, 2.24) is 10.2 Å². The number of H-pyrrole nitrogens is 1. The summed E-state index contributed by atoms with van der Waals surface area (Å²) >= 11 is 1.93. The summed E-state index contributed by atoms with van der Waals surface area (Å²) in [4.78, 5) is 11.0. The third-order valence-corrected chi connectivity index (χ3v) is 4.78. The highest BCUT2D eigenvalue weighted by molar-refractivity contribution is 7.99. The molecular formula is C16H18N2O4S. The summed E-state index contributed by atoms with van der Waals surface area (Å²) in [6.07, 6.45) is 2.12. The van der Waals surface area contributed by atoms with Gasteiger partial charge < -0.3 is 14.6 Å². The molecule has 1 saturated heterocycles. The molecule has 1 aromatic heterocycles. The first-order valence-corrected chi connectivity index (χ1v) is 8.55. The van der Waals surface area contributed by atoms with Gasteiger partial charge in [-0.25, -0.2) is 4.79 Å². The van der Waals surface area contributed by atoms with E-state index in [9.17, 15) is 4.79 Å². The molecule has 0 amide bonds. The summed E-state index contributed by atoms with van der Waals surface area (Å²) in [6.45, 7) is 0. The second-order valence-corrected chi connectivity index (χ2v) is 6.46. The number of carbonyl (C=O) groups is 1. The molecule has 0 atom stereocenters. The van der Waals surface area contributed by atoms with Crippen molar-refractivity contribution in [3.63, 3.8) is 0 Å². The van der Waals surface area contributed by atoms with Gasteiger partial charge in [-0.2, -0.15) is 16.9 Å². The second kappa shape index (κ2) is 6.95. The second-order valence-electron chi connectivity index (χ2n) is 5.24. The van der Waals surface area contributed by atoms with Gasteiger partial charge in [-0.15, -0.1) is 0 Å². The van der Waals surface area contributed by atoms with Crippen LogP contribution in [0, 0.1) is 0 Å². The van der Waals surface area contributed by atoms with Crippen molar-refractivity contribution >= 4 is 17.7 Å². The first-order chi connectivity index (χ1) is 11.2. The van der Waals surface area contributed by atoms with Crippen LogP contribution < -0.4 is 9.47 Å². The molecule has 6 nitrogen and oxygen atoms in total. The Bertz CT molecular complexity index is 695. The number of aromatic amines is 1. The molecule has 0 saturated carbocycles. The van der Waals surface area contributed by atoms with Gasteiger partial charge >= 0.3 is 5.97 Å². The number of carboxylic acids is 1. The summed E-state index contributed by atoms with van der Waals surface area (Å²) < 4.78 is 11.6. The molecule has 0 radical (unpaired) electrons. The van der Waals surface area contributed by atoms with Crippen LogP contribution in [0.5, 0.6) is 11.5 Å². The molecule has 2 heterocycles. The normalized spacial score (nSPS) is 15.3. The summed E-state index contributed by atoms with van der Waals surface area (Å²) in [5, 5.41) is 15.7. The highest BCUT2D eigenvalue weighted by atomic mass is 32.2. The minimum atomic E-state index is -1.04. The zero-order chi connectivity index (χ0) is 16.2. The first kappa shape index (κ1) is 15.7. The van der Waals surface area contributed by atoms with Crippen LogP contribution in [0.25, 0.3) is 11.3 Å². The lowest BCUT2D eigenvalue weighted by Crippen LogP contribution is -2.22. The quantitative estimate of drug-likeness (QED) is 0.874. The van der Waals surface area contributed by atoms with Crippen molar-refractivity contribution in [2.45, 2.75) is 18.9 Å². The third kappa shape index (κ3) is 3.44. The lowest BCUT2D eigenvalue weighted by molar-refractivity contribution is 0.0690. The number of carboxylic acid groups (broad SMARTS) is 1. The van der Waals surface area contributed by atoms with Gasteiger partial charge in [0.2, 0.25) is 0 Å². The number of hydrogen-bond donors (Lipinski definition) is 2. The molecule has 0 unspecified atom stereocenters. The largest absolute Gasteiger partial charge is 0.493 e. The highest BCUT2D eigenvalue weighted by Gasteiger charge is 2.21. The predicted molar refractivity (Wildman–Crippen MR) is 88.5 cm³/mol. The van der Waals surface area contributed by atoms with Gasteiger partial charge in [-0.3, -0.25) is 5.10 Å². The monoisotopic (exact) mass is 334 g/mol. The number of ether oxygens (including phenoxy) is 2. The van der Waals surface area contributed by atoms with E-state index in [1.807, 2.05) is 30.0 Å². The Morgan fingerprint density at radius 1 is 1.39 bits per heavy atom. The first-order valence-electron chi connectivity index (χ1n) is 7.39. The van der Waals surface area contributed by atoms with E-state index in [-0.39, 0.29) is 11.8 Å². The van der Waals surface area contributed by atoms with E-state index in [0.717, 1.165) is 29.9 Å². The van der Waals surface area contributed by atoms with Crippen LogP contribution in [-0.4, -0.2) is 46.0 Å². The van der Waals surface area contributed by atoms with Crippen molar-refractivity contribution in [2.75, 3.05) is 18.6 Å². The zero-order valence-electron chi connectivity index (χ0n) is 12.7. The molecule has 2 N–H and O–H groups in total. The van der Waals surface area contributed by atoms with Crippen molar-refractivity contribution < 1.29 is 19.4 Å². The number of aromatic carboxylic acids is 1. The zero-order valence-corrected chi connectivity index (χ0v) is 13.6. The number of hydrogen-bond acceptors (Lipinski definition) is 5. The lowest BCUT2D eigenvalue weighted by atomic mass is 10.1. The van der Waals surface area contributed by atoms with Gasteiger partial charge in [0.1, 0.15) is 11.8 Å². The van der Waals surface area contributed by atoms with Crippen molar-refractivity contribution in [3.05, 3.63) is 30.0 Å². The standard InChI is InChI=1S/C16H18N2O4S/c1-21-14-4-2-3-11(12-9-13(16(19)20)18-17-12)15(14)22-10-5-7-23-8-6-10/h2-4,9-10H,5-8H2,1H3,(H,17,18)(H,19,20). The van der Waals surface area contributed by atoms with E-state index in [4.69, 9.17) is 14.6 Å². The number of aromatic nitrogens is 2. The van der Waals surface area contributed by atoms with E-state index in [0.29, 0.717) is 17.2 Å². The van der Waals surface area contributed by atoms with Crippen molar-refractivity contribution in [3.8, 4) is 22.8 Å². The maximum Gasteiger partial charge on any atom is 0.353 e. The average Bonchev–Trinajstić information content (AvgIpc) is 3.06. The molecule has 0 bridgehead atoms. The molecule has 2 aromatic rings. The van der Waals surface area contributed by atoms with E-state index in [1.54, 1.807) is 7.11 Å². The minimum Gasteiger partial charge on any atom is -0.493 e. The van der Waals surface area contributed by atoms with Crippen LogP contribution in [0.15, 0.2) is 24.3 Å². The van der Waals surface area contributed by atoms with Gasteiger partial charge in [0.25, 0.3) is 0 Å². The molecule has 23 heavy (non-hydrogen) atoms. The number of nitrogens with one attached hydrogen (secondary N) is 1. The van der Waals surface area contributed by atoms with Crippen molar-refractivity contribution in [1.29, 1.82) is 0 Å². The summed E-state index contributed by atoms with van der Waals surface area (Å²) in [5.41, 5.74) is 1.30. The average molecular weight is 334 g/mol. The summed E-state index contributed by atoms with van der Waals surface area (Å²) in [6, 6.07) is 7.03. The molecular weight excluding hydrogens is 316 g/mol. The van der Waals surface area contributed by atoms with E-state index >= 15 is 0 Å². The van der Waals surface area contributed by atoms with Crippen LogP contribution in [0.1, 0.15) is 23.3 Å². The highest BCUT2D eigenvalue weighted by Crippen LogP contribution is 2.39. The Morgan fingerprint density at radius 2 is 2.17 bits per heavy atom. The van der Waals surface area contributed by atoms with Crippen LogP contribution in [0.4, 0.5) is 0 Å². The molecule has 7 heteroatoms. The molecule has 1 aromatic carbocycles. The fourth-order valence-electron chi connectivity index (χ4n) is 2.53. The number of methoxy groups -OCH3 is 1.